The van der Waals surface area contributed by atoms with Gasteiger partial charge in [-0.15, -0.1) is 0 Å². The van der Waals surface area contributed by atoms with Crippen molar-refractivity contribution >= 4 is 23.2 Å². The lowest BCUT2D eigenvalue weighted by Gasteiger charge is -2.22. The number of carbonyl (C=O) groups is 1. The molecular formula is C26H22ClN3O3. The van der Waals surface area contributed by atoms with E-state index in [9.17, 15) is 15.0 Å². The number of hydrogen-bond donors (Lipinski definition) is 3. The highest BCUT2D eigenvalue weighted by Crippen LogP contribution is 2.45. The second-order valence-corrected chi connectivity index (χ2v) is 8.53. The molecule has 0 spiro atoms. The summed E-state index contributed by atoms with van der Waals surface area (Å²) in [5.41, 5.74) is 3.94. The van der Waals surface area contributed by atoms with Crippen LogP contribution in [0.3, 0.4) is 0 Å². The van der Waals surface area contributed by atoms with Crippen molar-refractivity contribution in [2.75, 3.05) is 5.32 Å². The first kappa shape index (κ1) is 21.1. The fraction of sp³-hybridized carbons (Fsp3) is 0.154. The number of amides is 1. The molecule has 5 rings (SSSR count). The van der Waals surface area contributed by atoms with Gasteiger partial charge in [-0.2, -0.15) is 0 Å². The van der Waals surface area contributed by atoms with Crippen molar-refractivity contribution in [2.45, 2.75) is 25.2 Å². The minimum Gasteiger partial charge on any atom is -0.494 e. The Morgan fingerprint density at radius 1 is 1.00 bits per heavy atom. The van der Waals surface area contributed by atoms with E-state index in [1.807, 2.05) is 18.2 Å². The molecule has 1 aliphatic carbocycles. The lowest BCUT2D eigenvalue weighted by molar-refractivity contribution is 0.102. The van der Waals surface area contributed by atoms with Gasteiger partial charge in [0.15, 0.2) is 0 Å². The van der Waals surface area contributed by atoms with E-state index in [1.165, 1.54) is 10.1 Å². The summed E-state index contributed by atoms with van der Waals surface area (Å²) in [6, 6.07) is 20.2. The van der Waals surface area contributed by atoms with Gasteiger partial charge in [-0.1, -0.05) is 48.0 Å². The summed E-state index contributed by atoms with van der Waals surface area (Å²) in [6.45, 7) is 0. The summed E-state index contributed by atoms with van der Waals surface area (Å²) in [4.78, 5) is 16.4. The molecule has 2 aromatic carbocycles. The number of aromatic nitrogens is 2. The predicted octanol–water partition coefficient (Wildman–Crippen LogP) is 5.46. The molecule has 1 aliphatic rings. The van der Waals surface area contributed by atoms with Gasteiger partial charge in [-0.05, 0) is 61.1 Å². The Labute approximate surface area is 196 Å². The zero-order valence-corrected chi connectivity index (χ0v) is 18.5. The average Bonchev–Trinajstić information content (AvgIpc) is 3.10. The third kappa shape index (κ3) is 3.94. The molecule has 7 heteroatoms. The van der Waals surface area contributed by atoms with Gasteiger partial charge in [0.2, 0.25) is 11.8 Å². The molecule has 2 aromatic heterocycles. The highest BCUT2D eigenvalue weighted by molar-refractivity contribution is 6.32. The Morgan fingerprint density at radius 2 is 1.76 bits per heavy atom. The van der Waals surface area contributed by atoms with Crippen LogP contribution in [0.4, 0.5) is 5.69 Å². The van der Waals surface area contributed by atoms with Gasteiger partial charge in [0, 0.05) is 23.0 Å². The smallest absolute Gasteiger partial charge is 0.274 e. The molecule has 0 fully saturated rings. The Hall–Kier alpha value is -3.77. The van der Waals surface area contributed by atoms with Crippen molar-refractivity contribution in [1.29, 1.82) is 0 Å². The van der Waals surface area contributed by atoms with E-state index >= 15 is 0 Å². The van der Waals surface area contributed by atoms with Gasteiger partial charge < -0.3 is 15.5 Å². The Balaban J connectivity index is 1.43. The van der Waals surface area contributed by atoms with Gasteiger partial charge in [-0.3, -0.25) is 9.78 Å². The van der Waals surface area contributed by atoms with Gasteiger partial charge in [0.05, 0.1) is 10.7 Å². The van der Waals surface area contributed by atoms with Crippen LogP contribution in [0.15, 0.2) is 72.9 Å². The van der Waals surface area contributed by atoms with Crippen LogP contribution in [-0.4, -0.2) is 25.7 Å². The Morgan fingerprint density at radius 3 is 2.48 bits per heavy atom. The fourth-order valence-electron chi connectivity index (χ4n) is 4.48. The Bertz CT molecular complexity index is 1320. The number of pyridine rings is 1. The molecule has 2 heterocycles. The number of carbonyl (C=O) groups excluding carboxylic acids is 1. The van der Waals surface area contributed by atoms with E-state index < -0.39 is 0 Å². The zero-order chi connectivity index (χ0) is 22.9. The molecule has 0 saturated carbocycles. The minimum atomic E-state index is -0.353. The number of nitrogens with one attached hydrogen (secondary N) is 1. The molecule has 0 unspecified atom stereocenters. The fourth-order valence-corrected chi connectivity index (χ4v) is 4.75. The van der Waals surface area contributed by atoms with E-state index in [0.717, 1.165) is 17.5 Å². The molecule has 0 saturated heterocycles. The third-order valence-corrected chi connectivity index (χ3v) is 6.44. The van der Waals surface area contributed by atoms with Crippen molar-refractivity contribution in [3.63, 3.8) is 0 Å². The summed E-state index contributed by atoms with van der Waals surface area (Å²) >= 11 is 6.52. The van der Waals surface area contributed by atoms with E-state index in [-0.39, 0.29) is 28.6 Å². The van der Waals surface area contributed by atoms with Crippen molar-refractivity contribution in [3.8, 4) is 17.4 Å². The van der Waals surface area contributed by atoms with Crippen LogP contribution in [0.2, 0.25) is 5.02 Å². The van der Waals surface area contributed by atoms with E-state index in [2.05, 4.69) is 22.4 Å². The first-order valence-electron chi connectivity index (χ1n) is 10.7. The van der Waals surface area contributed by atoms with Crippen molar-refractivity contribution in [1.82, 2.24) is 9.55 Å². The largest absolute Gasteiger partial charge is 0.494 e. The SMILES string of the molecule is O=C(Nc1ccc(-n2c(O)c3c(c2O)C[C@@H](c2ccccc2)CC3)c(Cl)c1)c1ccccn1. The van der Waals surface area contributed by atoms with E-state index in [4.69, 9.17) is 11.6 Å². The molecule has 1 atom stereocenters. The van der Waals surface area contributed by atoms with Crippen molar-refractivity contribution < 1.29 is 15.0 Å². The second kappa shape index (κ2) is 8.64. The summed E-state index contributed by atoms with van der Waals surface area (Å²) in [6.07, 6.45) is 3.74. The number of aromatic hydroxyl groups is 2. The van der Waals surface area contributed by atoms with Crippen LogP contribution in [0.25, 0.3) is 5.69 Å². The van der Waals surface area contributed by atoms with Gasteiger partial charge in [0.1, 0.15) is 5.69 Å². The topological polar surface area (TPSA) is 87.4 Å². The third-order valence-electron chi connectivity index (χ3n) is 6.14. The number of halogens is 1. The number of benzene rings is 2. The van der Waals surface area contributed by atoms with Crippen LogP contribution < -0.4 is 5.32 Å². The first-order chi connectivity index (χ1) is 16.0. The highest BCUT2D eigenvalue weighted by atomic mass is 35.5. The molecular weight excluding hydrogens is 438 g/mol. The molecule has 166 valence electrons. The van der Waals surface area contributed by atoms with Gasteiger partial charge in [0.25, 0.3) is 5.91 Å². The molecule has 0 radical (unpaired) electrons. The lowest BCUT2D eigenvalue weighted by atomic mass is 9.81. The van der Waals surface area contributed by atoms with Crippen LogP contribution in [-0.2, 0) is 12.8 Å². The summed E-state index contributed by atoms with van der Waals surface area (Å²) in [7, 11) is 0. The molecule has 0 bridgehead atoms. The normalized spacial score (nSPS) is 15.1. The van der Waals surface area contributed by atoms with Crippen molar-refractivity contribution in [2.24, 2.45) is 0 Å². The maximum absolute atomic E-state index is 12.4. The van der Waals surface area contributed by atoms with Gasteiger partial charge in [-0.25, -0.2) is 4.57 Å². The molecule has 33 heavy (non-hydrogen) atoms. The number of hydrogen-bond acceptors (Lipinski definition) is 4. The molecule has 6 nitrogen and oxygen atoms in total. The van der Waals surface area contributed by atoms with E-state index in [1.54, 1.807) is 42.6 Å². The summed E-state index contributed by atoms with van der Waals surface area (Å²) in [5.74, 6) is -0.0792. The monoisotopic (exact) mass is 459 g/mol. The number of nitrogens with zero attached hydrogens (tertiary/aromatic N) is 2. The van der Waals surface area contributed by atoms with Crippen LogP contribution >= 0.6 is 11.6 Å². The average molecular weight is 460 g/mol. The standard InChI is InChI=1S/C26H22ClN3O3/c27-21-15-18(29-24(31)22-8-4-5-13-28-22)10-12-23(21)30-25(32)19-11-9-17(14-20(19)26(30)33)16-6-2-1-3-7-16/h1-8,10,12-13,15,17,32-33H,9,11,14H2,(H,29,31)/t17-/m0/s1. The van der Waals surface area contributed by atoms with Gasteiger partial charge >= 0.3 is 0 Å². The highest BCUT2D eigenvalue weighted by Gasteiger charge is 2.30. The van der Waals surface area contributed by atoms with Crippen LogP contribution in [0, 0.1) is 0 Å². The molecule has 0 aliphatic heterocycles. The number of fused-ring (bicyclic) bond motifs is 1. The quantitative estimate of drug-likeness (QED) is 0.378. The minimum absolute atomic E-state index is 0.00110. The van der Waals surface area contributed by atoms with Crippen LogP contribution in [0.1, 0.15) is 39.5 Å². The number of rotatable bonds is 4. The molecule has 1 amide bonds. The lowest BCUT2D eigenvalue weighted by Crippen LogP contribution is -2.13. The maximum atomic E-state index is 12.4. The number of anilines is 1. The molecule has 4 aromatic rings. The summed E-state index contributed by atoms with van der Waals surface area (Å²) < 4.78 is 1.38. The predicted molar refractivity (Wildman–Crippen MR) is 128 cm³/mol. The molecule has 3 N–H and O–H groups in total. The first-order valence-corrected chi connectivity index (χ1v) is 11.1. The second-order valence-electron chi connectivity index (χ2n) is 8.13. The van der Waals surface area contributed by atoms with Crippen molar-refractivity contribution in [3.05, 3.63) is 100 Å². The maximum Gasteiger partial charge on any atom is 0.274 e. The Kier molecular flexibility index (Phi) is 5.52. The zero-order valence-electron chi connectivity index (χ0n) is 17.7. The van der Waals surface area contributed by atoms with E-state index in [0.29, 0.717) is 29.9 Å². The van der Waals surface area contributed by atoms with Crippen LogP contribution in [0.5, 0.6) is 11.8 Å². The summed E-state index contributed by atoms with van der Waals surface area (Å²) in [5, 5.41) is 25.0.